The van der Waals surface area contributed by atoms with Gasteiger partial charge in [0.2, 0.25) is 5.91 Å². The van der Waals surface area contributed by atoms with E-state index in [0.717, 1.165) is 30.5 Å². The van der Waals surface area contributed by atoms with Gasteiger partial charge in [-0.3, -0.25) is 4.79 Å². The Kier molecular flexibility index (Phi) is 7.32. The molecule has 0 bridgehead atoms. The summed E-state index contributed by atoms with van der Waals surface area (Å²) < 4.78 is 2.02. The first-order valence-electron chi connectivity index (χ1n) is 6.72. The summed E-state index contributed by atoms with van der Waals surface area (Å²) >= 11 is 1.44. The Morgan fingerprint density at radius 1 is 1.55 bits per heavy atom. The molecule has 0 radical (unpaired) electrons. The monoisotopic (exact) mass is 319 g/mol. The second-order valence-electron chi connectivity index (χ2n) is 4.69. The molecule has 1 saturated heterocycles. The molecule has 0 saturated carbocycles. The molecule has 1 unspecified atom stereocenters. The fourth-order valence-corrected chi connectivity index (χ4v) is 3.01. The molecule has 1 aliphatic rings. The Balaban J connectivity index is 0.00000200. The smallest absolute Gasteiger partial charge is 0.230 e. The van der Waals surface area contributed by atoms with Gasteiger partial charge in [-0.1, -0.05) is 11.8 Å². The fourth-order valence-electron chi connectivity index (χ4n) is 2.26. The SMILES string of the molecule is CCNC(=O)CSc1nnc(C2CCCNC2)n1C.Cl. The van der Waals surface area contributed by atoms with Crippen molar-refractivity contribution in [3.05, 3.63) is 5.82 Å². The Labute approximate surface area is 129 Å². The number of hydrogen-bond acceptors (Lipinski definition) is 5. The molecule has 8 heteroatoms. The predicted molar refractivity (Wildman–Crippen MR) is 82.5 cm³/mol. The summed E-state index contributed by atoms with van der Waals surface area (Å²) in [5.41, 5.74) is 0. The van der Waals surface area contributed by atoms with E-state index in [0.29, 0.717) is 18.2 Å². The molecule has 0 aromatic carbocycles. The van der Waals surface area contributed by atoms with Gasteiger partial charge in [0.25, 0.3) is 0 Å². The molecule has 2 heterocycles. The van der Waals surface area contributed by atoms with E-state index in [1.165, 1.54) is 18.2 Å². The highest BCUT2D eigenvalue weighted by atomic mass is 35.5. The number of nitrogens with one attached hydrogen (secondary N) is 2. The average Bonchev–Trinajstić information content (AvgIpc) is 2.79. The second kappa shape index (κ2) is 8.49. The molecular formula is C12H22ClN5OS. The minimum Gasteiger partial charge on any atom is -0.356 e. The lowest BCUT2D eigenvalue weighted by molar-refractivity contribution is -0.118. The number of carbonyl (C=O) groups is 1. The summed E-state index contributed by atoms with van der Waals surface area (Å²) in [7, 11) is 1.98. The van der Waals surface area contributed by atoms with Crippen molar-refractivity contribution in [3.8, 4) is 0 Å². The third-order valence-corrected chi connectivity index (χ3v) is 4.26. The second-order valence-corrected chi connectivity index (χ2v) is 5.63. The Morgan fingerprint density at radius 3 is 3.00 bits per heavy atom. The van der Waals surface area contributed by atoms with Crippen LogP contribution in [-0.2, 0) is 11.8 Å². The topological polar surface area (TPSA) is 71.8 Å². The van der Waals surface area contributed by atoms with Gasteiger partial charge in [0.1, 0.15) is 5.82 Å². The van der Waals surface area contributed by atoms with Crippen LogP contribution in [0.1, 0.15) is 31.5 Å². The van der Waals surface area contributed by atoms with Crippen LogP contribution in [0, 0.1) is 0 Å². The minimum absolute atomic E-state index is 0. The van der Waals surface area contributed by atoms with Crippen LogP contribution in [0.25, 0.3) is 0 Å². The summed E-state index contributed by atoms with van der Waals surface area (Å²) in [6.45, 7) is 4.64. The van der Waals surface area contributed by atoms with Gasteiger partial charge in [0, 0.05) is 26.1 Å². The van der Waals surface area contributed by atoms with E-state index < -0.39 is 0 Å². The van der Waals surface area contributed by atoms with Crippen molar-refractivity contribution in [2.24, 2.45) is 7.05 Å². The summed E-state index contributed by atoms with van der Waals surface area (Å²) in [5.74, 6) is 1.88. The van der Waals surface area contributed by atoms with Crippen molar-refractivity contribution in [2.75, 3.05) is 25.4 Å². The fraction of sp³-hybridized carbons (Fsp3) is 0.750. The van der Waals surface area contributed by atoms with E-state index in [1.54, 1.807) is 0 Å². The van der Waals surface area contributed by atoms with E-state index in [4.69, 9.17) is 0 Å². The highest BCUT2D eigenvalue weighted by Gasteiger charge is 2.21. The molecule has 0 aliphatic carbocycles. The first kappa shape index (κ1) is 17.3. The Bertz CT molecular complexity index is 433. The number of halogens is 1. The molecule has 1 aromatic heterocycles. The van der Waals surface area contributed by atoms with Crippen LogP contribution in [0.2, 0.25) is 0 Å². The van der Waals surface area contributed by atoms with Gasteiger partial charge in [-0.15, -0.1) is 22.6 Å². The number of thioether (sulfide) groups is 1. The zero-order valence-electron chi connectivity index (χ0n) is 11.9. The van der Waals surface area contributed by atoms with E-state index in [-0.39, 0.29) is 18.3 Å². The predicted octanol–water partition coefficient (Wildman–Crippen LogP) is 0.932. The molecule has 1 aliphatic heterocycles. The third-order valence-electron chi connectivity index (χ3n) is 3.24. The zero-order chi connectivity index (χ0) is 13.7. The van der Waals surface area contributed by atoms with E-state index in [2.05, 4.69) is 20.8 Å². The average molecular weight is 320 g/mol. The number of hydrogen-bond donors (Lipinski definition) is 2. The maximum absolute atomic E-state index is 11.4. The standard InChI is InChI=1S/C12H21N5OS.ClH/c1-3-14-10(18)8-19-12-16-15-11(17(12)2)9-5-4-6-13-7-9;/h9,13H,3-8H2,1-2H3,(H,14,18);1H. The van der Waals surface area contributed by atoms with Crippen molar-refractivity contribution < 1.29 is 4.79 Å². The van der Waals surface area contributed by atoms with Crippen molar-refractivity contribution in [1.29, 1.82) is 0 Å². The quantitative estimate of drug-likeness (QED) is 0.790. The molecule has 114 valence electrons. The van der Waals surface area contributed by atoms with E-state index in [9.17, 15) is 4.79 Å². The largest absolute Gasteiger partial charge is 0.356 e. The van der Waals surface area contributed by atoms with Crippen molar-refractivity contribution in [2.45, 2.75) is 30.8 Å². The molecule has 1 fully saturated rings. The van der Waals surface area contributed by atoms with Gasteiger partial charge < -0.3 is 15.2 Å². The lowest BCUT2D eigenvalue weighted by Gasteiger charge is -2.21. The maximum atomic E-state index is 11.4. The van der Waals surface area contributed by atoms with Crippen LogP contribution in [0.15, 0.2) is 5.16 Å². The van der Waals surface area contributed by atoms with Crippen molar-refractivity contribution >= 4 is 30.1 Å². The number of aromatic nitrogens is 3. The summed E-state index contributed by atoms with van der Waals surface area (Å²) in [4.78, 5) is 11.4. The number of rotatable bonds is 5. The molecule has 2 rings (SSSR count). The van der Waals surface area contributed by atoms with Gasteiger partial charge in [0.15, 0.2) is 5.16 Å². The van der Waals surface area contributed by atoms with Gasteiger partial charge in [-0.2, -0.15) is 0 Å². The van der Waals surface area contributed by atoms with Crippen LogP contribution < -0.4 is 10.6 Å². The van der Waals surface area contributed by atoms with Crippen LogP contribution in [-0.4, -0.2) is 46.1 Å². The molecule has 1 aromatic rings. The Morgan fingerprint density at radius 2 is 2.35 bits per heavy atom. The number of amides is 1. The molecule has 1 amide bonds. The van der Waals surface area contributed by atoms with Crippen molar-refractivity contribution in [3.63, 3.8) is 0 Å². The number of piperidine rings is 1. The normalized spacial score (nSPS) is 18.4. The zero-order valence-corrected chi connectivity index (χ0v) is 13.5. The molecule has 20 heavy (non-hydrogen) atoms. The summed E-state index contributed by atoms with van der Waals surface area (Å²) in [5, 5.41) is 15.4. The Hall–Kier alpha value is -0.790. The lowest BCUT2D eigenvalue weighted by Crippen LogP contribution is -2.29. The van der Waals surface area contributed by atoms with Gasteiger partial charge in [0.05, 0.1) is 5.75 Å². The highest BCUT2D eigenvalue weighted by Crippen LogP contribution is 2.24. The summed E-state index contributed by atoms with van der Waals surface area (Å²) in [6, 6.07) is 0. The first-order valence-corrected chi connectivity index (χ1v) is 7.70. The molecule has 1 atom stereocenters. The molecule has 6 nitrogen and oxygen atoms in total. The minimum atomic E-state index is 0. The lowest BCUT2D eigenvalue weighted by atomic mass is 9.99. The number of carbonyl (C=O) groups excluding carboxylic acids is 1. The van der Waals surface area contributed by atoms with Crippen molar-refractivity contribution in [1.82, 2.24) is 25.4 Å². The van der Waals surface area contributed by atoms with Crippen LogP contribution >= 0.6 is 24.2 Å². The molecular weight excluding hydrogens is 298 g/mol. The summed E-state index contributed by atoms with van der Waals surface area (Å²) in [6.07, 6.45) is 2.33. The van der Waals surface area contributed by atoms with Gasteiger partial charge in [-0.05, 0) is 26.3 Å². The van der Waals surface area contributed by atoms with E-state index in [1.807, 2.05) is 18.5 Å². The first-order chi connectivity index (χ1) is 9.22. The maximum Gasteiger partial charge on any atom is 0.230 e. The van der Waals surface area contributed by atoms with Gasteiger partial charge >= 0.3 is 0 Å². The van der Waals surface area contributed by atoms with E-state index >= 15 is 0 Å². The number of nitrogens with zero attached hydrogens (tertiary/aromatic N) is 3. The molecule has 2 N–H and O–H groups in total. The molecule has 0 spiro atoms. The third kappa shape index (κ3) is 4.36. The van der Waals surface area contributed by atoms with Crippen LogP contribution in [0.5, 0.6) is 0 Å². The van der Waals surface area contributed by atoms with Crippen LogP contribution in [0.4, 0.5) is 0 Å². The highest BCUT2D eigenvalue weighted by molar-refractivity contribution is 7.99. The van der Waals surface area contributed by atoms with Gasteiger partial charge in [-0.25, -0.2) is 0 Å². The van der Waals surface area contributed by atoms with Crippen LogP contribution in [0.3, 0.4) is 0 Å².